The molecule has 1 aliphatic rings. The molecule has 24 heavy (non-hydrogen) atoms. The minimum atomic E-state index is -0.254. The first-order chi connectivity index (χ1) is 11.7. The van der Waals surface area contributed by atoms with Crippen LogP contribution in [0, 0.1) is 5.92 Å². The average Bonchev–Trinajstić information content (AvgIpc) is 2.59. The summed E-state index contributed by atoms with van der Waals surface area (Å²) in [6.07, 6.45) is 8.33. The zero-order valence-corrected chi connectivity index (χ0v) is 13.6. The summed E-state index contributed by atoms with van der Waals surface area (Å²) < 4.78 is 0. The van der Waals surface area contributed by atoms with E-state index in [2.05, 4.69) is 25.2 Å². The molecule has 2 aromatic rings. The summed E-state index contributed by atoms with van der Waals surface area (Å²) in [7, 11) is 0. The number of piperidine rings is 1. The molecule has 0 atom stereocenters. The number of hydrogen-bond donors (Lipinski definition) is 2. The van der Waals surface area contributed by atoms with Gasteiger partial charge in [0, 0.05) is 6.20 Å². The number of carbonyl (C=O) groups excluding carboxylic acids is 1. The number of carbonyl (C=O) groups is 1. The lowest BCUT2D eigenvalue weighted by atomic mass is 9.92. The molecule has 126 valence electrons. The van der Waals surface area contributed by atoms with Crippen molar-refractivity contribution in [1.29, 1.82) is 0 Å². The van der Waals surface area contributed by atoms with Gasteiger partial charge in [-0.25, -0.2) is 9.97 Å². The van der Waals surface area contributed by atoms with Crippen LogP contribution in [0.4, 0.5) is 11.6 Å². The van der Waals surface area contributed by atoms with Crippen molar-refractivity contribution in [2.24, 2.45) is 11.7 Å². The molecule has 3 heterocycles. The number of anilines is 2. The minimum Gasteiger partial charge on any atom is -0.369 e. The number of primary amides is 1. The number of nitrogens with two attached hydrogens (primary N) is 1. The van der Waals surface area contributed by atoms with E-state index in [-0.39, 0.29) is 5.91 Å². The van der Waals surface area contributed by atoms with Crippen LogP contribution in [0.1, 0.15) is 18.5 Å². The van der Waals surface area contributed by atoms with E-state index in [1.54, 1.807) is 12.4 Å². The zero-order valence-electron chi connectivity index (χ0n) is 13.6. The minimum absolute atomic E-state index is 0.254. The Morgan fingerprint density at radius 3 is 2.62 bits per heavy atom. The SMILES string of the molecule is NC(=O)CN1CCC(Cc2cnc(Nc3ccccn3)cn2)CC1. The first kappa shape index (κ1) is 16.3. The van der Waals surface area contributed by atoms with Gasteiger partial charge < -0.3 is 11.1 Å². The Kier molecular flexibility index (Phi) is 5.32. The standard InChI is InChI=1S/C17H22N6O/c18-15(24)12-23-7-4-13(5-8-23)9-14-10-21-17(11-20-14)22-16-3-1-2-6-19-16/h1-3,6,10-11,13H,4-5,7-9,12H2,(H2,18,24)(H,19,21,22). The Morgan fingerprint density at radius 2 is 2.00 bits per heavy atom. The van der Waals surface area contributed by atoms with Crippen molar-refractivity contribution < 1.29 is 4.79 Å². The fraction of sp³-hybridized carbons (Fsp3) is 0.412. The van der Waals surface area contributed by atoms with Crippen molar-refractivity contribution in [2.75, 3.05) is 25.0 Å². The maximum atomic E-state index is 11.0. The molecular formula is C17H22N6O. The van der Waals surface area contributed by atoms with E-state index in [1.807, 2.05) is 24.4 Å². The second-order valence-electron chi connectivity index (χ2n) is 6.12. The van der Waals surface area contributed by atoms with Crippen LogP contribution in [-0.2, 0) is 11.2 Å². The molecule has 3 rings (SSSR count). The summed E-state index contributed by atoms with van der Waals surface area (Å²) >= 11 is 0. The summed E-state index contributed by atoms with van der Waals surface area (Å²) in [5.41, 5.74) is 6.24. The second-order valence-corrected chi connectivity index (χ2v) is 6.12. The Bertz CT molecular complexity index is 653. The smallest absolute Gasteiger partial charge is 0.231 e. The van der Waals surface area contributed by atoms with Gasteiger partial charge in [0.1, 0.15) is 11.6 Å². The summed E-state index contributed by atoms with van der Waals surface area (Å²) in [4.78, 5) is 26.2. The maximum Gasteiger partial charge on any atom is 0.231 e. The van der Waals surface area contributed by atoms with Crippen LogP contribution >= 0.6 is 0 Å². The topological polar surface area (TPSA) is 97.0 Å². The second kappa shape index (κ2) is 7.83. The number of hydrogen-bond acceptors (Lipinski definition) is 6. The van der Waals surface area contributed by atoms with Crippen molar-refractivity contribution >= 4 is 17.5 Å². The van der Waals surface area contributed by atoms with Crippen LogP contribution in [0.15, 0.2) is 36.8 Å². The van der Waals surface area contributed by atoms with Crippen LogP contribution in [0.2, 0.25) is 0 Å². The maximum absolute atomic E-state index is 11.0. The van der Waals surface area contributed by atoms with Gasteiger partial charge in [0.05, 0.1) is 24.6 Å². The van der Waals surface area contributed by atoms with E-state index in [9.17, 15) is 4.79 Å². The van der Waals surface area contributed by atoms with Gasteiger partial charge in [-0.1, -0.05) is 6.07 Å². The summed E-state index contributed by atoms with van der Waals surface area (Å²) in [5.74, 6) is 1.77. The van der Waals surface area contributed by atoms with E-state index < -0.39 is 0 Å². The van der Waals surface area contributed by atoms with Gasteiger partial charge in [-0.2, -0.15) is 0 Å². The molecule has 1 amide bonds. The Labute approximate surface area is 141 Å². The van der Waals surface area contributed by atoms with Crippen LogP contribution in [-0.4, -0.2) is 45.4 Å². The lowest BCUT2D eigenvalue weighted by Gasteiger charge is -2.30. The van der Waals surface area contributed by atoms with Crippen molar-refractivity contribution in [3.05, 3.63) is 42.5 Å². The van der Waals surface area contributed by atoms with Gasteiger partial charge in [0.15, 0.2) is 0 Å². The Morgan fingerprint density at radius 1 is 1.17 bits per heavy atom. The number of rotatable bonds is 6. The quantitative estimate of drug-likeness (QED) is 0.832. The van der Waals surface area contributed by atoms with Crippen molar-refractivity contribution in [2.45, 2.75) is 19.3 Å². The molecule has 0 radical (unpaired) electrons. The number of likely N-dealkylation sites (tertiary alicyclic amines) is 1. The molecule has 0 unspecified atom stereocenters. The highest BCUT2D eigenvalue weighted by Crippen LogP contribution is 2.21. The molecule has 0 aliphatic carbocycles. The summed E-state index contributed by atoms with van der Waals surface area (Å²) in [5, 5.41) is 3.12. The van der Waals surface area contributed by atoms with Crippen LogP contribution in [0.5, 0.6) is 0 Å². The van der Waals surface area contributed by atoms with Gasteiger partial charge in [-0.15, -0.1) is 0 Å². The fourth-order valence-electron chi connectivity index (χ4n) is 2.96. The molecule has 7 nitrogen and oxygen atoms in total. The molecule has 3 N–H and O–H groups in total. The molecule has 1 aliphatic heterocycles. The molecule has 0 bridgehead atoms. The van der Waals surface area contributed by atoms with Crippen LogP contribution in [0.3, 0.4) is 0 Å². The number of amides is 1. The van der Waals surface area contributed by atoms with Crippen LogP contribution in [0.25, 0.3) is 0 Å². The molecular weight excluding hydrogens is 304 g/mol. The predicted octanol–water partition coefficient (Wildman–Crippen LogP) is 1.35. The molecule has 1 saturated heterocycles. The molecule has 0 spiro atoms. The van der Waals surface area contributed by atoms with Gasteiger partial charge in [0.25, 0.3) is 0 Å². The normalized spacial score (nSPS) is 16.0. The van der Waals surface area contributed by atoms with Gasteiger partial charge in [-0.3, -0.25) is 14.7 Å². The van der Waals surface area contributed by atoms with Crippen molar-refractivity contribution in [1.82, 2.24) is 19.9 Å². The number of pyridine rings is 1. The van der Waals surface area contributed by atoms with Crippen molar-refractivity contribution in [3.63, 3.8) is 0 Å². The average molecular weight is 326 g/mol. The molecule has 0 aromatic carbocycles. The zero-order chi connectivity index (χ0) is 16.8. The molecule has 7 heteroatoms. The fourth-order valence-corrected chi connectivity index (χ4v) is 2.96. The highest BCUT2D eigenvalue weighted by molar-refractivity contribution is 5.75. The Hall–Kier alpha value is -2.54. The predicted molar refractivity (Wildman–Crippen MR) is 91.6 cm³/mol. The van der Waals surface area contributed by atoms with Gasteiger partial charge in [0.2, 0.25) is 5.91 Å². The largest absolute Gasteiger partial charge is 0.369 e. The molecule has 0 saturated carbocycles. The van der Waals surface area contributed by atoms with Crippen LogP contribution < -0.4 is 11.1 Å². The number of nitrogens with zero attached hydrogens (tertiary/aromatic N) is 4. The third kappa shape index (κ3) is 4.73. The van der Waals surface area contributed by atoms with Gasteiger partial charge in [-0.05, 0) is 50.4 Å². The number of aromatic nitrogens is 3. The Balaban J connectivity index is 1.49. The monoisotopic (exact) mass is 326 g/mol. The third-order valence-electron chi connectivity index (χ3n) is 4.21. The van der Waals surface area contributed by atoms with E-state index in [0.717, 1.165) is 43.9 Å². The summed E-state index contributed by atoms with van der Waals surface area (Å²) in [6.45, 7) is 2.20. The number of nitrogens with one attached hydrogen (secondary N) is 1. The first-order valence-corrected chi connectivity index (χ1v) is 8.18. The lowest BCUT2D eigenvalue weighted by Crippen LogP contribution is -2.39. The third-order valence-corrected chi connectivity index (χ3v) is 4.21. The molecule has 2 aromatic heterocycles. The van der Waals surface area contributed by atoms with E-state index in [0.29, 0.717) is 18.3 Å². The lowest BCUT2D eigenvalue weighted by molar-refractivity contribution is -0.119. The molecule has 1 fully saturated rings. The first-order valence-electron chi connectivity index (χ1n) is 8.18. The summed E-state index contributed by atoms with van der Waals surface area (Å²) in [6, 6.07) is 5.67. The van der Waals surface area contributed by atoms with E-state index in [1.165, 1.54) is 0 Å². The van der Waals surface area contributed by atoms with Crippen molar-refractivity contribution in [3.8, 4) is 0 Å². The highest BCUT2D eigenvalue weighted by Gasteiger charge is 2.20. The van der Waals surface area contributed by atoms with Gasteiger partial charge >= 0.3 is 0 Å². The van der Waals surface area contributed by atoms with E-state index >= 15 is 0 Å². The van der Waals surface area contributed by atoms with E-state index in [4.69, 9.17) is 5.73 Å². The highest BCUT2D eigenvalue weighted by atomic mass is 16.1.